The van der Waals surface area contributed by atoms with Crippen molar-refractivity contribution in [1.82, 2.24) is 4.90 Å². The summed E-state index contributed by atoms with van der Waals surface area (Å²) in [6.07, 6.45) is 0.248. The maximum absolute atomic E-state index is 12.2. The van der Waals surface area contributed by atoms with Gasteiger partial charge in [0.1, 0.15) is 0 Å². The highest BCUT2D eigenvalue weighted by molar-refractivity contribution is 6.35. The highest BCUT2D eigenvalue weighted by atomic mass is 35.5. The number of carbonyl (C=O) groups is 2. The number of rotatable bonds is 3. The molecule has 6 heteroatoms. The van der Waals surface area contributed by atoms with Crippen LogP contribution in [0.25, 0.3) is 0 Å². The average molecular weight is 315 g/mol. The first-order valence-corrected chi connectivity index (χ1v) is 7.19. The summed E-state index contributed by atoms with van der Waals surface area (Å²) in [5.74, 6) is -0.494. The molecule has 20 heavy (non-hydrogen) atoms. The molecular weight excluding hydrogens is 299 g/mol. The standard InChI is InChI=1S/C14H16Cl2N2O2/c1-8(2)18-7-9(3-13(18)19)14(20)17-12-5-10(15)4-11(16)6-12/h4-6,8-9H,3,7H2,1-2H3,(H,17,20)/t9-/m1/s1. The highest BCUT2D eigenvalue weighted by Crippen LogP contribution is 2.25. The van der Waals surface area contributed by atoms with Crippen molar-refractivity contribution in [2.45, 2.75) is 26.3 Å². The van der Waals surface area contributed by atoms with E-state index >= 15 is 0 Å². The number of amides is 2. The van der Waals surface area contributed by atoms with E-state index in [0.717, 1.165) is 0 Å². The Morgan fingerprint density at radius 2 is 1.90 bits per heavy atom. The van der Waals surface area contributed by atoms with Gasteiger partial charge in [-0.2, -0.15) is 0 Å². The fourth-order valence-corrected chi connectivity index (χ4v) is 2.80. The zero-order valence-corrected chi connectivity index (χ0v) is 12.8. The number of likely N-dealkylation sites (tertiary alicyclic amines) is 1. The van der Waals surface area contributed by atoms with E-state index in [0.29, 0.717) is 22.3 Å². The minimum Gasteiger partial charge on any atom is -0.339 e. The Morgan fingerprint density at radius 1 is 1.30 bits per heavy atom. The van der Waals surface area contributed by atoms with Crippen molar-refractivity contribution in [3.05, 3.63) is 28.2 Å². The summed E-state index contributed by atoms with van der Waals surface area (Å²) in [5, 5.41) is 3.67. The summed E-state index contributed by atoms with van der Waals surface area (Å²) in [6, 6.07) is 4.96. The van der Waals surface area contributed by atoms with E-state index in [1.807, 2.05) is 13.8 Å². The Labute approximate surface area is 128 Å². The van der Waals surface area contributed by atoms with Crippen LogP contribution in [0.2, 0.25) is 10.0 Å². The molecule has 0 unspecified atom stereocenters. The molecule has 0 bridgehead atoms. The van der Waals surface area contributed by atoms with Gasteiger partial charge in [-0.3, -0.25) is 9.59 Å². The number of anilines is 1. The second-order valence-electron chi connectivity index (χ2n) is 5.19. The lowest BCUT2D eigenvalue weighted by Crippen LogP contribution is -2.33. The summed E-state index contributed by atoms with van der Waals surface area (Å²) in [6.45, 7) is 4.33. The van der Waals surface area contributed by atoms with Crippen molar-refractivity contribution < 1.29 is 9.59 Å². The van der Waals surface area contributed by atoms with E-state index in [-0.39, 0.29) is 30.2 Å². The van der Waals surface area contributed by atoms with Crippen LogP contribution in [-0.4, -0.2) is 29.3 Å². The maximum atomic E-state index is 12.2. The van der Waals surface area contributed by atoms with Crippen LogP contribution in [0.3, 0.4) is 0 Å². The highest BCUT2D eigenvalue weighted by Gasteiger charge is 2.35. The smallest absolute Gasteiger partial charge is 0.229 e. The fourth-order valence-electron chi connectivity index (χ4n) is 2.28. The molecule has 1 heterocycles. The second-order valence-corrected chi connectivity index (χ2v) is 6.06. The van der Waals surface area contributed by atoms with Gasteiger partial charge < -0.3 is 10.2 Å². The molecule has 0 spiro atoms. The molecule has 1 N–H and O–H groups in total. The minimum absolute atomic E-state index is 0.0178. The third-order valence-corrected chi connectivity index (χ3v) is 3.72. The lowest BCUT2D eigenvalue weighted by atomic mass is 10.1. The average Bonchev–Trinajstić information content (AvgIpc) is 2.70. The second kappa shape index (κ2) is 6.02. The SMILES string of the molecule is CC(C)N1C[C@H](C(=O)Nc2cc(Cl)cc(Cl)c2)CC1=O. The summed E-state index contributed by atoms with van der Waals surface area (Å²) in [5.41, 5.74) is 0.544. The summed E-state index contributed by atoms with van der Waals surface area (Å²) in [4.78, 5) is 25.7. The van der Waals surface area contributed by atoms with Gasteiger partial charge in [0.25, 0.3) is 0 Å². The normalized spacial score (nSPS) is 18.8. The molecule has 2 amide bonds. The van der Waals surface area contributed by atoms with E-state index in [1.165, 1.54) is 0 Å². The number of hydrogen-bond donors (Lipinski definition) is 1. The van der Waals surface area contributed by atoms with Crippen molar-refractivity contribution in [2.24, 2.45) is 5.92 Å². The van der Waals surface area contributed by atoms with Crippen LogP contribution in [0.1, 0.15) is 20.3 Å². The van der Waals surface area contributed by atoms with E-state index < -0.39 is 0 Å². The number of benzene rings is 1. The molecule has 1 aromatic rings. The van der Waals surface area contributed by atoms with Crippen LogP contribution < -0.4 is 5.32 Å². The van der Waals surface area contributed by atoms with Gasteiger partial charge in [-0.05, 0) is 32.0 Å². The number of nitrogens with zero attached hydrogens (tertiary/aromatic N) is 1. The first-order chi connectivity index (χ1) is 9.36. The Hall–Kier alpha value is -1.26. The Balaban J connectivity index is 2.04. The van der Waals surface area contributed by atoms with Gasteiger partial charge in [0, 0.05) is 34.7 Å². The Bertz CT molecular complexity index is 526. The predicted molar refractivity (Wildman–Crippen MR) is 80.0 cm³/mol. The van der Waals surface area contributed by atoms with Crippen LogP contribution >= 0.6 is 23.2 Å². The van der Waals surface area contributed by atoms with Gasteiger partial charge in [-0.25, -0.2) is 0 Å². The van der Waals surface area contributed by atoms with Gasteiger partial charge in [-0.1, -0.05) is 23.2 Å². The molecule has 0 saturated carbocycles. The first kappa shape index (κ1) is 15.1. The summed E-state index contributed by atoms with van der Waals surface area (Å²) < 4.78 is 0. The molecule has 4 nitrogen and oxygen atoms in total. The summed E-state index contributed by atoms with van der Waals surface area (Å²) >= 11 is 11.8. The van der Waals surface area contributed by atoms with Crippen LogP contribution in [0, 0.1) is 5.92 Å². The van der Waals surface area contributed by atoms with Gasteiger partial charge >= 0.3 is 0 Å². The van der Waals surface area contributed by atoms with Crippen molar-refractivity contribution in [2.75, 3.05) is 11.9 Å². The molecule has 0 radical (unpaired) electrons. The van der Waals surface area contributed by atoms with Gasteiger partial charge in [0.15, 0.2) is 0 Å². The van der Waals surface area contributed by atoms with Crippen molar-refractivity contribution >= 4 is 40.7 Å². The molecule has 108 valence electrons. The van der Waals surface area contributed by atoms with Crippen LogP contribution in [0.15, 0.2) is 18.2 Å². The van der Waals surface area contributed by atoms with Crippen LogP contribution in [0.5, 0.6) is 0 Å². The molecule has 0 aromatic heterocycles. The third kappa shape index (κ3) is 3.44. The molecule has 1 fully saturated rings. The molecule has 1 aromatic carbocycles. The van der Waals surface area contributed by atoms with Crippen molar-refractivity contribution in [3.63, 3.8) is 0 Å². The molecule has 1 aliphatic rings. The number of halogens is 2. The third-order valence-electron chi connectivity index (χ3n) is 3.28. The Kier molecular flexibility index (Phi) is 4.55. The topological polar surface area (TPSA) is 49.4 Å². The zero-order chi connectivity index (χ0) is 14.9. The van der Waals surface area contributed by atoms with Crippen LogP contribution in [0.4, 0.5) is 5.69 Å². The van der Waals surface area contributed by atoms with Crippen molar-refractivity contribution in [3.8, 4) is 0 Å². The first-order valence-electron chi connectivity index (χ1n) is 6.43. The van der Waals surface area contributed by atoms with Gasteiger partial charge in [-0.15, -0.1) is 0 Å². The molecule has 2 rings (SSSR count). The number of carbonyl (C=O) groups excluding carboxylic acids is 2. The Morgan fingerprint density at radius 3 is 2.40 bits per heavy atom. The largest absolute Gasteiger partial charge is 0.339 e. The van der Waals surface area contributed by atoms with E-state index in [2.05, 4.69) is 5.32 Å². The quantitative estimate of drug-likeness (QED) is 0.931. The van der Waals surface area contributed by atoms with E-state index in [4.69, 9.17) is 23.2 Å². The van der Waals surface area contributed by atoms with Gasteiger partial charge in [0.05, 0.1) is 5.92 Å². The zero-order valence-electron chi connectivity index (χ0n) is 11.3. The number of nitrogens with one attached hydrogen (secondary N) is 1. The van der Waals surface area contributed by atoms with Crippen LogP contribution in [-0.2, 0) is 9.59 Å². The molecule has 1 aliphatic heterocycles. The monoisotopic (exact) mass is 314 g/mol. The summed E-state index contributed by atoms with van der Waals surface area (Å²) in [7, 11) is 0. The number of hydrogen-bond acceptors (Lipinski definition) is 2. The van der Waals surface area contributed by atoms with Gasteiger partial charge in [0.2, 0.25) is 11.8 Å². The lowest BCUT2D eigenvalue weighted by molar-refractivity contribution is -0.129. The van der Waals surface area contributed by atoms with Crippen molar-refractivity contribution in [1.29, 1.82) is 0 Å². The lowest BCUT2D eigenvalue weighted by Gasteiger charge is -2.20. The predicted octanol–water partition coefficient (Wildman–Crippen LogP) is 3.19. The molecule has 0 aliphatic carbocycles. The fraction of sp³-hybridized carbons (Fsp3) is 0.429. The van der Waals surface area contributed by atoms with E-state index in [9.17, 15) is 9.59 Å². The minimum atomic E-state index is -0.331. The molecular formula is C14H16Cl2N2O2. The maximum Gasteiger partial charge on any atom is 0.229 e. The molecule has 1 atom stereocenters. The van der Waals surface area contributed by atoms with E-state index in [1.54, 1.807) is 23.1 Å². The molecule has 1 saturated heterocycles.